The van der Waals surface area contributed by atoms with Gasteiger partial charge in [0.25, 0.3) is 0 Å². The Labute approximate surface area is 86.7 Å². The molecule has 0 unspecified atom stereocenters. The van der Waals surface area contributed by atoms with E-state index in [4.69, 9.17) is 18.3 Å². The second kappa shape index (κ2) is 4.72. The van der Waals surface area contributed by atoms with Crippen LogP contribution in [-0.2, 0) is 18.3 Å². The largest absolute Gasteiger partial charge is 0.398 e. The zero-order valence-electron chi connectivity index (χ0n) is 9.46. The Morgan fingerprint density at radius 2 is 1.86 bits per heavy atom. The lowest BCUT2D eigenvalue weighted by Gasteiger charge is -2.38. The van der Waals surface area contributed by atoms with Crippen molar-refractivity contribution in [1.82, 2.24) is 0 Å². The number of ether oxygens (including phenoxy) is 2. The van der Waals surface area contributed by atoms with E-state index < -0.39 is 8.56 Å². The topological polar surface area (TPSA) is 36.9 Å². The highest BCUT2D eigenvalue weighted by molar-refractivity contribution is 6.65. The van der Waals surface area contributed by atoms with Crippen molar-refractivity contribution in [3.05, 3.63) is 0 Å². The maximum absolute atomic E-state index is 5.71. The highest BCUT2D eigenvalue weighted by atomic mass is 28.4. The smallest absolute Gasteiger partial charge is 0.336 e. The average Bonchev–Trinajstić information content (AvgIpc) is 2.15. The van der Waals surface area contributed by atoms with Crippen LogP contribution in [0.2, 0.25) is 12.6 Å². The molecule has 0 bridgehead atoms. The lowest BCUT2D eigenvalue weighted by molar-refractivity contribution is -0.196. The van der Waals surface area contributed by atoms with Gasteiger partial charge in [-0.1, -0.05) is 0 Å². The van der Waals surface area contributed by atoms with Crippen LogP contribution in [0.4, 0.5) is 0 Å². The van der Waals surface area contributed by atoms with Gasteiger partial charge in [-0.3, -0.25) is 0 Å². The van der Waals surface area contributed by atoms with Crippen LogP contribution in [0.5, 0.6) is 0 Å². The molecule has 1 rings (SSSR count). The van der Waals surface area contributed by atoms with Crippen molar-refractivity contribution in [2.45, 2.75) is 25.1 Å². The van der Waals surface area contributed by atoms with Gasteiger partial charge in [0.15, 0.2) is 0 Å². The summed E-state index contributed by atoms with van der Waals surface area (Å²) < 4.78 is 21.5. The standard InChI is InChI=1S/C9H20O4Si/c1-9(7-12-8-9)13-5-6-14(4,10-2)11-3/h5-8H2,1-4H3. The van der Waals surface area contributed by atoms with Crippen LogP contribution in [0.25, 0.3) is 0 Å². The predicted octanol–water partition coefficient (Wildman–Crippen LogP) is 1.16. The first kappa shape index (κ1) is 12.1. The molecule has 1 heterocycles. The summed E-state index contributed by atoms with van der Waals surface area (Å²) in [4.78, 5) is 0. The van der Waals surface area contributed by atoms with E-state index in [0.29, 0.717) is 19.8 Å². The molecule has 0 amide bonds. The summed E-state index contributed by atoms with van der Waals surface area (Å²) >= 11 is 0. The maximum atomic E-state index is 5.71. The molecule has 0 atom stereocenters. The van der Waals surface area contributed by atoms with Gasteiger partial charge >= 0.3 is 8.56 Å². The van der Waals surface area contributed by atoms with Crippen molar-refractivity contribution in [2.24, 2.45) is 0 Å². The third-order valence-electron chi connectivity index (χ3n) is 2.69. The Hall–Kier alpha value is 0.0569. The first-order valence-corrected chi connectivity index (χ1v) is 7.38. The fourth-order valence-corrected chi connectivity index (χ4v) is 2.29. The van der Waals surface area contributed by atoms with Crippen molar-refractivity contribution >= 4 is 8.56 Å². The second-order valence-electron chi connectivity index (χ2n) is 4.08. The van der Waals surface area contributed by atoms with E-state index in [1.54, 1.807) is 14.2 Å². The molecule has 1 aliphatic rings. The van der Waals surface area contributed by atoms with E-state index in [9.17, 15) is 0 Å². The fraction of sp³-hybridized carbons (Fsp3) is 1.00. The molecule has 0 aliphatic carbocycles. The van der Waals surface area contributed by atoms with E-state index >= 15 is 0 Å². The van der Waals surface area contributed by atoms with E-state index in [0.717, 1.165) is 6.04 Å². The molecule has 0 saturated carbocycles. The lowest BCUT2D eigenvalue weighted by atomic mass is 10.1. The normalized spacial score (nSPS) is 20.6. The summed E-state index contributed by atoms with van der Waals surface area (Å²) in [5, 5.41) is 0. The second-order valence-corrected chi connectivity index (χ2v) is 7.67. The fourth-order valence-electron chi connectivity index (χ4n) is 1.24. The van der Waals surface area contributed by atoms with Crippen LogP contribution in [0.15, 0.2) is 0 Å². The molecule has 14 heavy (non-hydrogen) atoms. The monoisotopic (exact) mass is 220 g/mol. The Bertz CT molecular complexity index is 178. The number of rotatable bonds is 6. The third-order valence-corrected chi connectivity index (χ3v) is 5.52. The maximum Gasteiger partial charge on any atom is 0.336 e. The van der Waals surface area contributed by atoms with Crippen molar-refractivity contribution in [3.8, 4) is 0 Å². The molecular formula is C9H20O4Si. The van der Waals surface area contributed by atoms with Gasteiger partial charge in [0.1, 0.15) is 5.60 Å². The summed E-state index contributed by atoms with van der Waals surface area (Å²) in [6.07, 6.45) is 0. The first-order valence-electron chi connectivity index (χ1n) is 4.86. The van der Waals surface area contributed by atoms with Gasteiger partial charge in [-0.05, 0) is 13.5 Å². The minimum Gasteiger partial charge on any atom is -0.398 e. The van der Waals surface area contributed by atoms with E-state index in [1.165, 1.54) is 0 Å². The SMILES string of the molecule is CO[Si](C)(CCOC1(C)COC1)OC. The molecule has 0 aromatic rings. The summed E-state index contributed by atoms with van der Waals surface area (Å²) in [6.45, 7) is 6.19. The van der Waals surface area contributed by atoms with Gasteiger partial charge in [-0.25, -0.2) is 0 Å². The van der Waals surface area contributed by atoms with Crippen molar-refractivity contribution < 1.29 is 18.3 Å². The van der Waals surface area contributed by atoms with Crippen molar-refractivity contribution in [1.29, 1.82) is 0 Å². The Balaban J connectivity index is 2.19. The molecule has 84 valence electrons. The molecule has 4 nitrogen and oxygen atoms in total. The predicted molar refractivity (Wildman–Crippen MR) is 55.6 cm³/mol. The zero-order chi connectivity index (χ0) is 10.7. The van der Waals surface area contributed by atoms with Crippen LogP contribution in [0.1, 0.15) is 6.92 Å². The molecule has 0 aromatic carbocycles. The quantitative estimate of drug-likeness (QED) is 0.629. The van der Waals surface area contributed by atoms with Crippen LogP contribution >= 0.6 is 0 Å². The highest BCUT2D eigenvalue weighted by Gasteiger charge is 2.36. The van der Waals surface area contributed by atoms with E-state index in [2.05, 4.69) is 6.92 Å². The van der Waals surface area contributed by atoms with E-state index in [1.807, 2.05) is 6.55 Å². The van der Waals surface area contributed by atoms with Gasteiger partial charge in [0.2, 0.25) is 0 Å². The molecular weight excluding hydrogens is 200 g/mol. The van der Waals surface area contributed by atoms with Crippen LogP contribution in [0.3, 0.4) is 0 Å². The Kier molecular flexibility index (Phi) is 4.09. The molecule has 1 saturated heterocycles. The average molecular weight is 220 g/mol. The lowest BCUT2D eigenvalue weighted by Crippen LogP contribution is -2.50. The van der Waals surface area contributed by atoms with Gasteiger partial charge in [0, 0.05) is 26.9 Å². The minimum absolute atomic E-state index is 0.0726. The molecule has 1 aliphatic heterocycles. The van der Waals surface area contributed by atoms with Gasteiger partial charge in [0.05, 0.1) is 13.2 Å². The minimum atomic E-state index is -1.95. The van der Waals surface area contributed by atoms with Crippen LogP contribution < -0.4 is 0 Å². The summed E-state index contributed by atoms with van der Waals surface area (Å²) in [6, 6.07) is 0.857. The number of hydrogen-bond acceptors (Lipinski definition) is 4. The molecule has 0 spiro atoms. The zero-order valence-corrected chi connectivity index (χ0v) is 10.5. The molecule has 5 heteroatoms. The summed E-state index contributed by atoms with van der Waals surface area (Å²) in [5.74, 6) is 0. The Morgan fingerprint density at radius 1 is 1.29 bits per heavy atom. The summed E-state index contributed by atoms with van der Waals surface area (Å²) in [7, 11) is 1.45. The van der Waals surface area contributed by atoms with Gasteiger partial charge < -0.3 is 18.3 Å². The third kappa shape index (κ3) is 3.03. The van der Waals surface area contributed by atoms with Crippen molar-refractivity contribution in [3.63, 3.8) is 0 Å². The van der Waals surface area contributed by atoms with Crippen molar-refractivity contribution in [2.75, 3.05) is 34.0 Å². The number of hydrogen-bond donors (Lipinski definition) is 0. The Morgan fingerprint density at radius 3 is 2.21 bits per heavy atom. The summed E-state index contributed by atoms with van der Waals surface area (Å²) in [5.41, 5.74) is -0.0726. The molecule has 1 fully saturated rings. The van der Waals surface area contributed by atoms with Crippen LogP contribution in [-0.4, -0.2) is 48.2 Å². The van der Waals surface area contributed by atoms with Gasteiger partial charge in [-0.2, -0.15) is 0 Å². The first-order chi connectivity index (χ1) is 6.54. The van der Waals surface area contributed by atoms with Crippen LogP contribution in [0, 0.1) is 0 Å². The molecule has 0 radical (unpaired) electrons. The molecule has 0 aromatic heterocycles. The molecule has 0 N–H and O–H groups in total. The highest BCUT2D eigenvalue weighted by Crippen LogP contribution is 2.22. The van der Waals surface area contributed by atoms with Gasteiger partial charge in [-0.15, -0.1) is 0 Å². The van der Waals surface area contributed by atoms with E-state index in [-0.39, 0.29) is 5.60 Å².